The van der Waals surface area contributed by atoms with Crippen LogP contribution < -0.4 is 0 Å². The summed E-state index contributed by atoms with van der Waals surface area (Å²) in [6, 6.07) is 1.98. The smallest absolute Gasteiger partial charge is 0.258 e. The van der Waals surface area contributed by atoms with Crippen molar-refractivity contribution in [1.29, 1.82) is 0 Å². The van der Waals surface area contributed by atoms with Crippen LogP contribution in [0.3, 0.4) is 0 Å². The highest BCUT2D eigenvalue weighted by molar-refractivity contribution is 9.10. The molecular weight excluding hydrogens is 282 g/mol. The molecule has 0 saturated heterocycles. The van der Waals surface area contributed by atoms with Gasteiger partial charge in [0, 0.05) is 12.6 Å². The van der Waals surface area contributed by atoms with Gasteiger partial charge >= 0.3 is 0 Å². The Morgan fingerprint density at radius 1 is 1.53 bits per heavy atom. The Bertz CT molecular complexity index is 362. The number of carbonyl (C=O) groups excluding carboxylic acids is 1. The molecule has 1 amide bonds. The number of halogens is 1. The van der Waals surface area contributed by atoms with Crippen molar-refractivity contribution >= 4 is 21.8 Å². The summed E-state index contributed by atoms with van der Waals surface area (Å²) < 4.78 is 5.64. The third kappa shape index (κ3) is 3.60. The lowest BCUT2D eigenvalue weighted by atomic mass is 10.1. The summed E-state index contributed by atoms with van der Waals surface area (Å²) in [6.45, 7) is 7.12. The first-order valence-corrected chi connectivity index (χ1v) is 6.95. The largest absolute Gasteiger partial charge is 0.457 e. The highest BCUT2D eigenvalue weighted by Gasteiger charge is 2.22. The molecule has 1 unspecified atom stereocenters. The Labute approximate surface area is 111 Å². The monoisotopic (exact) mass is 301 g/mol. The number of carbonyl (C=O) groups is 1. The van der Waals surface area contributed by atoms with Crippen molar-refractivity contribution in [3.8, 4) is 0 Å². The normalized spacial score (nSPS) is 12.5. The molecule has 0 fully saturated rings. The molecule has 1 aromatic heterocycles. The van der Waals surface area contributed by atoms with Gasteiger partial charge in [-0.2, -0.15) is 0 Å². The summed E-state index contributed by atoms with van der Waals surface area (Å²) >= 11 is 3.26. The van der Waals surface area contributed by atoms with Crippen molar-refractivity contribution in [3.05, 3.63) is 22.6 Å². The van der Waals surface area contributed by atoms with Crippen LogP contribution in [0, 0.1) is 0 Å². The van der Waals surface area contributed by atoms with Gasteiger partial charge in [0.05, 0.1) is 11.8 Å². The van der Waals surface area contributed by atoms with E-state index in [0.29, 0.717) is 10.2 Å². The average Bonchev–Trinajstić information content (AvgIpc) is 2.75. The van der Waals surface area contributed by atoms with Crippen molar-refractivity contribution in [2.24, 2.45) is 0 Å². The average molecular weight is 302 g/mol. The quantitative estimate of drug-likeness (QED) is 0.793. The SMILES string of the molecule is CCCCN(C(=O)c1ccoc1Br)C(C)CC. The molecule has 0 N–H and O–H groups in total. The van der Waals surface area contributed by atoms with E-state index in [4.69, 9.17) is 4.42 Å². The van der Waals surface area contributed by atoms with Gasteiger partial charge in [-0.25, -0.2) is 0 Å². The molecule has 1 rings (SSSR count). The van der Waals surface area contributed by atoms with Crippen LogP contribution in [0.25, 0.3) is 0 Å². The molecule has 1 aromatic rings. The summed E-state index contributed by atoms with van der Waals surface area (Å²) in [5.74, 6) is 0.0495. The van der Waals surface area contributed by atoms with Crippen LogP contribution in [0.2, 0.25) is 0 Å². The van der Waals surface area contributed by atoms with E-state index in [1.54, 1.807) is 6.07 Å². The van der Waals surface area contributed by atoms with Crippen LogP contribution in [0.5, 0.6) is 0 Å². The number of hydrogen-bond donors (Lipinski definition) is 0. The van der Waals surface area contributed by atoms with E-state index < -0.39 is 0 Å². The summed E-state index contributed by atoms with van der Waals surface area (Å²) in [6.07, 6.45) is 4.62. The second-order valence-electron chi connectivity index (χ2n) is 4.22. The third-order valence-electron chi connectivity index (χ3n) is 2.98. The summed E-state index contributed by atoms with van der Waals surface area (Å²) in [4.78, 5) is 14.3. The second-order valence-corrected chi connectivity index (χ2v) is 4.94. The van der Waals surface area contributed by atoms with Crippen LogP contribution >= 0.6 is 15.9 Å². The highest BCUT2D eigenvalue weighted by Crippen LogP contribution is 2.21. The van der Waals surface area contributed by atoms with Gasteiger partial charge in [0.1, 0.15) is 0 Å². The van der Waals surface area contributed by atoms with Gasteiger partial charge in [-0.1, -0.05) is 20.3 Å². The molecule has 0 spiro atoms. The first-order chi connectivity index (χ1) is 8.11. The highest BCUT2D eigenvalue weighted by atomic mass is 79.9. The number of furan rings is 1. The second kappa shape index (κ2) is 6.84. The predicted molar refractivity (Wildman–Crippen MR) is 72.1 cm³/mol. The molecular formula is C13H20BrNO2. The van der Waals surface area contributed by atoms with Crippen molar-refractivity contribution < 1.29 is 9.21 Å². The number of unbranched alkanes of at least 4 members (excludes halogenated alkanes) is 1. The molecule has 3 nitrogen and oxygen atoms in total. The molecule has 0 bridgehead atoms. The standard InChI is InChI=1S/C13H20BrNO2/c1-4-6-8-15(10(3)5-2)13(16)11-7-9-17-12(11)14/h7,9-10H,4-6,8H2,1-3H3. The molecule has 0 aliphatic carbocycles. The first-order valence-electron chi connectivity index (χ1n) is 6.15. The zero-order valence-corrected chi connectivity index (χ0v) is 12.3. The van der Waals surface area contributed by atoms with Crippen LogP contribution in [0.4, 0.5) is 0 Å². The van der Waals surface area contributed by atoms with E-state index in [9.17, 15) is 4.79 Å². The fourth-order valence-corrected chi connectivity index (χ4v) is 2.08. The maximum absolute atomic E-state index is 12.4. The van der Waals surface area contributed by atoms with Gasteiger partial charge in [0.2, 0.25) is 0 Å². The predicted octanol–water partition coefficient (Wildman–Crippen LogP) is 4.08. The topological polar surface area (TPSA) is 33.5 Å². The van der Waals surface area contributed by atoms with E-state index in [1.807, 2.05) is 4.90 Å². The minimum atomic E-state index is 0.0495. The van der Waals surface area contributed by atoms with Gasteiger partial charge in [0.25, 0.3) is 5.91 Å². The lowest BCUT2D eigenvalue weighted by Crippen LogP contribution is -2.39. The lowest BCUT2D eigenvalue weighted by Gasteiger charge is -2.28. The first kappa shape index (κ1) is 14.3. The molecule has 1 heterocycles. The number of hydrogen-bond acceptors (Lipinski definition) is 2. The van der Waals surface area contributed by atoms with E-state index >= 15 is 0 Å². The molecule has 17 heavy (non-hydrogen) atoms. The number of nitrogens with zero attached hydrogens (tertiary/aromatic N) is 1. The zero-order valence-electron chi connectivity index (χ0n) is 10.7. The molecule has 96 valence electrons. The van der Waals surface area contributed by atoms with Gasteiger partial charge in [-0.15, -0.1) is 0 Å². The number of amides is 1. The molecule has 0 radical (unpaired) electrons. The molecule has 0 aliphatic rings. The van der Waals surface area contributed by atoms with Crippen LogP contribution in [0.1, 0.15) is 50.4 Å². The molecule has 0 aliphatic heterocycles. The molecule has 0 saturated carbocycles. The van der Waals surface area contributed by atoms with Crippen LogP contribution in [-0.4, -0.2) is 23.4 Å². The van der Waals surface area contributed by atoms with Gasteiger partial charge in [-0.05, 0) is 41.8 Å². The molecule has 1 atom stereocenters. The van der Waals surface area contributed by atoms with Crippen LogP contribution in [-0.2, 0) is 0 Å². The maximum atomic E-state index is 12.4. The van der Waals surface area contributed by atoms with E-state index in [-0.39, 0.29) is 11.9 Å². The summed E-state index contributed by atoms with van der Waals surface area (Å²) in [5.41, 5.74) is 0.612. The van der Waals surface area contributed by atoms with Gasteiger partial charge in [-0.3, -0.25) is 4.79 Å². The van der Waals surface area contributed by atoms with Crippen LogP contribution in [0.15, 0.2) is 21.4 Å². The zero-order chi connectivity index (χ0) is 12.8. The maximum Gasteiger partial charge on any atom is 0.258 e. The van der Waals surface area contributed by atoms with Crippen molar-refractivity contribution in [3.63, 3.8) is 0 Å². The van der Waals surface area contributed by atoms with E-state index in [1.165, 1.54) is 6.26 Å². The van der Waals surface area contributed by atoms with Gasteiger partial charge < -0.3 is 9.32 Å². The number of rotatable bonds is 6. The fraction of sp³-hybridized carbons (Fsp3) is 0.615. The Balaban J connectivity index is 2.82. The van der Waals surface area contributed by atoms with Crippen molar-refractivity contribution in [2.75, 3.05) is 6.54 Å². The Hall–Kier alpha value is -0.770. The molecule has 0 aromatic carbocycles. The Kier molecular flexibility index (Phi) is 5.75. The van der Waals surface area contributed by atoms with Crippen molar-refractivity contribution in [1.82, 2.24) is 4.90 Å². The Morgan fingerprint density at radius 3 is 2.71 bits per heavy atom. The minimum absolute atomic E-state index is 0.0495. The fourth-order valence-electron chi connectivity index (χ4n) is 1.67. The van der Waals surface area contributed by atoms with Gasteiger partial charge in [0.15, 0.2) is 4.67 Å². The van der Waals surface area contributed by atoms with E-state index in [2.05, 4.69) is 36.7 Å². The Morgan fingerprint density at radius 2 is 2.24 bits per heavy atom. The molecule has 4 heteroatoms. The van der Waals surface area contributed by atoms with Crippen molar-refractivity contribution in [2.45, 2.75) is 46.1 Å². The summed E-state index contributed by atoms with van der Waals surface area (Å²) in [5, 5.41) is 0. The summed E-state index contributed by atoms with van der Waals surface area (Å²) in [7, 11) is 0. The third-order valence-corrected chi connectivity index (χ3v) is 3.60. The van der Waals surface area contributed by atoms with E-state index in [0.717, 1.165) is 25.8 Å². The minimum Gasteiger partial charge on any atom is -0.457 e. The lowest BCUT2D eigenvalue weighted by molar-refractivity contribution is 0.0683.